The molecule has 2 aromatic heterocycles. The van der Waals surface area contributed by atoms with Crippen molar-refractivity contribution in [1.82, 2.24) is 19.5 Å². The molecule has 0 aromatic carbocycles. The second-order valence-electron chi connectivity index (χ2n) is 7.05. The predicted molar refractivity (Wildman–Crippen MR) is 102 cm³/mol. The van der Waals surface area contributed by atoms with Crippen LogP contribution in [0.3, 0.4) is 0 Å². The maximum atomic E-state index is 13.0. The molecule has 0 saturated heterocycles. The molecule has 0 atom stereocenters. The van der Waals surface area contributed by atoms with Crippen LogP contribution in [0.15, 0.2) is 58.8 Å². The Kier molecular flexibility index (Phi) is 5.23. The number of allylic oxidation sites excluding steroid dienone is 4. The quantitative estimate of drug-likeness (QED) is 0.562. The van der Waals surface area contributed by atoms with E-state index in [9.17, 15) is 22.4 Å². The summed E-state index contributed by atoms with van der Waals surface area (Å²) >= 11 is 0. The van der Waals surface area contributed by atoms with E-state index in [1.54, 1.807) is 6.07 Å². The molecule has 1 aliphatic carbocycles. The number of halogens is 4. The van der Waals surface area contributed by atoms with Crippen LogP contribution in [-0.4, -0.2) is 38.8 Å². The zero-order valence-corrected chi connectivity index (χ0v) is 15.7. The van der Waals surface area contributed by atoms with Gasteiger partial charge >= 0.3 is 11.9 Å². The van der Waals surface area contributed by atoms with Crippen molar-refractivity contribution in [2.24, 2.45) is 0 Å². The van der Waals surface area contributed by atoms with Crippen molar-refractivity contribution in [2.45, 2.75) is 25.6 Å². The van der Waals surface area contributed by atoms with E-state index in [2.05, 4.69) is 15.0 Å². The van der Waals surface area contributed by atoms with Crippen molar-refractivity contribution in [3.63, 3.8) is 0 Å². The molecular formula is C20H17F4N5O. The molecule has 3 heterocycles. The molecule has 2 aliphatic rings. The van der Waals surface area contributed by atoms with Crippen molar-refractivity contribution in [3.05, 3.63) is 76.0 Å². The van der Waals surface area contributed by atoms with Crippen LogP contribution in [0, 0.1) is 5.95 Å². The van der Waals surface area contributed by atoms with Crippen molar-refractivity contribution < 1.29 is 17.6 Å². The smallest absolute Gasteiger partial charge is 0.337 e. The number of hydrogen-bond acceptors (Lipinski definition) is 5. The highest BCUT2D eigenvalue weighted by Crippen LogP contribution is 2.34. The third-order valence-corrected chi connectivity index (χ3v) is 5.02. The topological polar surface area (TPSA) is 63.9 Å². The first kappa shape index (κ1) is 20.0. The van der Waals surface area contributed by atoms with Crippen LogP contribution in [0.5, 0.6) is 0 Å². The molecule has 2 aromatic rings. The summed E-state index contributed by atoms with van der Waals surface area (Å²) < 4.78 is 52.4. The summed E-state index contributed by atoms with van der Waals surface area (Å²) in [6, 6.07) is 2.97. The zero-order chi connectivity index (χ0) is 21.3. The lowest BCUT2D eigenvalue weighted by molar-refractivity contribution is -0.0928. The molecule has 0 radical (unpaired) electrons. The molecule has 1 aliphatic heterocycles. The van der Waals surface area contributed by atoms with Crippen molar-refractivity contribution in [1.29, 1.82) is 0 Å². The maximum Gasteiger partial charge on any atom is 0.413 e. The third-order valence-electron chi connectivity index (χ3n) is 5.02. The van der Waals surface area contributed by atoms with Crippen LogP contribution >= 0.6 is 0 Å². The maximum absolute atomic E-state index is 13.0. The largest absolute Gasteiger partial charge is 0.413 e. The van der Waals surface area contributed by atoms with Gasteiger partial charge in [-0.2, -0.15) is 22.5 Å². The summed E-state index contributed by atoms with van der Waals surface area (Å²) in [4.78, 5) is 26.0. The Morgan fingerprint density at radius 1 is 1.13 bits per heavy atom. The van der Waals surface area contributed by atoms with Crippen LogP contribution in [0.2, 0.25) is 0 Å². The third kappa shape index (κ3) is 4.32. The average molecular weight is 419 g/mol. The van der Waals surface area contributed by atoms with E-state index >= 15 is 0 Å². The van der Waals surface area contributed by atoms with Gasteiger partial charge in [0.2, 0.25) is 11.9 Å². The molecule has 156 valence electrons. The van der Waals surface area contributed by atoms with Gasteiger partial charge in [0, 0.05) is 31.3 Å². The second kappa shape index (κ2) is 7.85. The van der Waals surface area contributed by atoms with Gasteiger partial charge in [-0.15, -0.1) is 0 Å². The van der Waals surface area contributed by atoms with Crippen molar-refractivity contribution in [2.75, 3.05) is 18.0 Å². The molecule has 6 nitrogen and oxygen atoms in total. The minimum Gasteiger partial charge on any atom is -0.337 e. The Bertz CT molecular complexity index is 1100. The number of pyridine rings is 1. The number of aromatic nitrogens is 4. The number of nitrogens with zero attached hydrogens (tertiary/aromatic N) is 5. The lowest BCUT2D eigenvalue weighted by Crippen LogP contribution is -2.34. The van der Waals surface area contributed by atoms with Gasteiger partial charge in [-0.05, 0) is 35.3 Å². The highest BCUT2D eigenvalue weighted by atomic mass is 19.4. The van der Waals surface area contributed by atoms with Crippen LogP contribution in [0.25, 0.3) is 5.57 Å². The van der Waals surface area contributed by atoms with Gasteiger partial charge in [0.05, 0.1) is 6.54 Å². The van der Waals surface area contributed by atoms with E-state index < -0.39 is 23.4 Å². The molecule has 0 N–H and O–H groups in total. The van der Waals surface area contributed by atoms with Gasteiger partial charge in [-0.1, -0.05) is 18.2 Å². The molecule has 0 bridgehead atoms. The Hall–Kier alpha value is -3.30. The summed E-state index contributed by atoms with van der Waals surface area (Å²) in [5.41, 5.74) is 1.13. The van der Waals surface area contributed by atoms with E-state index in [1.165, 1.54) is 29.2 Å². The van der Waals surface area contributed by atoms with E-state index in [1.807, 2.05) is 11.0 Å². The normalized spacial score (nSPS) is 16.9. The van der Waals surface area contributed by atoms with Crippen LogP contribution in [0.4, 0.5) is 23.5 Å². The second-order valence-corrected chi connectivity index (χ2v) is 7.05. The monoisotopic (exact) mass is 419 g/mol. The number of alkyl halides is 3. The molecule has 30 heavy (non-hydrogen) atoms. The predicted octanol–water partition coefficient (Wildman–Crippen LogP) is 3.28. The van der Waals surface area contributed by atoms with Crippen molar-refractivity contribution >= 4 is 11.5 Å². The molecule has 0 unspecified atom stereocenters. The van der Waals surface area contributed by atoms with E-state index in [-0.39, 0.29) is 18.9 Å². The highest BCUT2D eigenvalue weighted by molar-refractivity contribution is 5.67. The molecule has 0 fully saturated rings. The molecule has 10 heteroatoms. The first-order chi connectivity index (χ1) is 14.3. The minimum absolute atomic E-state index is 0.0107. The summed E-state index contributed by atoms with van der Waals surface area (Å²) in [5, 5.41) is 0. The summed E-state index contributed by atoms with van der Waals surface area (Å²) in [6.45, 7) is 1.05. The standard InChI is InChI=1S/C20H17F4N5O/c21-17-4-2-15(10-25-17)14-5-7-28(8-6-14)18-26-12-29(19(30)27-18)11-13-1-3-16(9-13)20(22,23)24/h1-5,10,12H,6-9,11H2. The van der Waals surface area contributed by atoms with Crippen LogP contribution in [0.1, 0.15) is 18.4 Å². The highest BCUT2D eigenvalue weighted by Gasteiger charge is 2.35. The van der Waals surface area contributed by atoms with Gasteiger partial charge in [-0.3, -0.25) is 4.57 Å². The summed E-state index contributed by atoms with van der Waals surface area (Å²) in [7, 11) is 0. The fraction of sp³-hybridized carbons (Fsp3) is 0.300. The summed E-state index contributed by atoms with van der Waals surface area (Å²) in [5.74, 6) is -0.275. The molecule has 0 saturated carbocycles. The Labute approximate surface area is 168 Å². The molecular weight excluding hydrogens is 402 g/mol. The Morgan fingerprint density at radius 2 is 1.97 bits per heavy atom. The zero-order valence-electron chi connectivity index (χ0n) is 15.7. The lowest BCUT2D eigenvalue weighted by atomic mass is 10.0. The van der Waals surface area contributed by atoms with Crippen molar-refractivity contribution in [3.8, 4) is 0 Å². The van der Waals surface area contributed by atoms with E-state index in [0.717, 1.165) is 17.2 Å². The summed E-state index contributed by atoms with van der Waals surface area (Å²) in [6.07, 6.45) is 3.18. The van der Waals surface area contributed by atoms with Gasteiger partial charge < -0.3 is 4.90 Å². The number of rotatable bonds is 4. The van der Waals surface area contributed by atoms with Crippen LogP contribution in [-0.2, 0) is 6.54 Å². The van der Waals surface area contributed by atoms with E-state index in [0.29, 0.717) is 25.1 Å². The molecule has 0 spiro atoms. The SMILES string of the molecule is O=c1nc(N2CC=C(c3ccc(F)nc3)CC2)ncn1CC1=CC=C(C(F)(F)F)C1. The molecule has 0 amide bonds. The number of anilines is 1. The fourth-order valence-corrected chi connectivity index (χ4v) is 3.39. The average Bonchev–Trinajstić information content (AvgIpc) is 3.20. The Morgan fingerprint density at radius 3 is 2.57 bits per heavy atom. The van der Waals surface area contributed by atoms with Gasteiger partial charge in [0.15, 0.2) is 0 Å². The van der Waals surface area contributed by atoms with Gasteiger partial charge in [0.1, 0.15) is 6.33 Å². The minimum atomic E-state index is -4.37. The first-order valence-corrected chi connectivity index (χ1v) is 9.25. The number of hydrogen-bond donors (Lipinski definition) is 0. The molecule has 4 rings (SSSR count). The fourth-order valence-electron chi connectivity index (χ4n) is 3.39. The van der Waals surface area contributed by atoms with Crippen LogP contribution < -0.4 is 10.6 Å². The van der Waals surface area contributed by atoms with Gasteiger partial charge in [0.25, 0.3) is 0 Å². The van der Waals surface area contributed by atoms with Gasteiger partial charge in [-0.25, -0.2) is 14.8 Å². The van der Waals surface area contributed by atoms with E-state index in [4.69, 9.17) is 0 Å². The first-order valence-electron chi connectivity index (χ1n) is 9.25. The Balaban J connectivity index is 1.41. The lowest BCUT2D eigenvalue weighted by Gasteiger charge is -2.26.